The van der Waals surface area contributed by atoms with Crippen LogP contribution in [0.2, 0.25) is 0 Å². The number of carbonyl (C=O) groups is 1. The predicted molar refractivity (Wildman–Crippen MR) is 77.6 cm³/mol. The average molecular weight is 274 g/mol. The summed E-state index contributed by atoms with van der Waals surface area (Å²) in [5, 5.41) is 17.8. The number of nitriles is 1. The Bertz CT molecular complexity index is 532. The Morgan fingerprint density at radius 1 is 1.55 bits per heavy atom. The van der Waals surface area contributed by atoms with Crippen molar-refractivity contribution in [2.75, 3.05) is 32.2 Å². The first-order valence-corrected chi connectivity index (χ1v) is 6.23. The molecule has 0 unspecified atom stereocenters. The third-order valence-corrected chi connectivity index (χ3v) is 2.81. The van der Waals surface area contributed by atoms with Gasteiger partial charge >= 0.3 is 5.97 Å². The van der Waals surface area contributed by atoms with Gasteiger partial charge in [0.2, 0.25) is 0 Å². The van der Waals surface area contributed by atoms with Gasteiger partial charge in [-0.05, 0) is 30.2 Å². The Morgan fingerprint density at radius 2 is 2.30 bits per heavy atom. The smallest absolute Gasteiger partial charge is 0.328 e. The lowest BCUT2D eigenvalue weighted by Gasteiger charge is -2.20. The zero-order valence-corrected chi connectivity index (χ0v) is 11.7. The molecule has 106 valence electrons. The number of carboxylic acids is 1. The first-order valence-electron chi connectivity index (χ1n) is 6.23. The summed E-state index contributed by atoms with van der Waals surface area (Å²) in [5.41, 5.74) is 2.05. The van der Waals surface area contributed by atoms with Gasteiger partial charge in [0.05, 0.1) is 11.3 Å². The van der Waals surface area contributed by atoms with Gasteiger partial charge in [-0.15, -0.1) is 0 Å². The van der Waals surface area contributed by atoms with E-state index in [1.807, 2.05) is 18.0 Å². The van der Waals surface area contributed by atoms with Crippen molar-refractivity contribution in [2.45, 2.75) is 6.42 Å². The maximum Gasteiger partial charge on any atom is 0.328 e. The van der Waals surface area contributed by atoms with Crippen LogP contribution in [-0.2, 0) is 9.53 Å². The third-order valence-electron chi connectivity index (χ3n) is 2.81. The molecule has 0 aromatic heterocycles. The molecular weight excluding hydrogens is 256 g/mol. The standard InChI is InChI=1S/C15H18N2O3/c1-17(8-3-9-20-2)14-6-4-12(5-7-15(18)19)10-13(14)11-16/h4-7,10H,3,8-9H2,1-2H3,(H,18,19)/b7-5+. The molecule has 0 spiro atoms. The second-order valence-corrected chi connectivity index (χ2v) is 4.33. The van der Waals surface area contributed by atoms with E-state index in [4.69, 9.17) is 9.84 Å². The second kappa shape index (κ2) is 7.97. The van der Waals surface area contributed by atoms with E-state index in [0.29, 0.717) is 17.7 Å². The molecule has 5 nitrogen and oxygen atoms in total. The van der Waals surface area contributed by atoms with Crippen LogP contribution in [0.1, 0.15) is 17.5 Å². The van der Waals surface area contributed by atoms with Crippen molar-refractivity contribution >= 4 is 17.7 Å². The number of carboxylic acid groups (broad SMARTS) is 1. The maximum atomic E-state index is 10.5. The van der Waals surface area contributed by atoms with E-state index in [1.165, 1.54) is 6.08 Å². The molecule has 1 rings (SSSR count). The van der Waals surface area contributed by atoms with Crippen LogP contribution in [0.15, 0.2) is 24.3 Å². The van der Waals surface area contributed by atoms with Crippen LogP contribution in [-0.4, -0.2) is 38.4 Å². The van der Waals surface area contributed by atoms with Crippen molar-refractivity contribution in [2.24, 2.45) is 0 Å². The van der Waals surface area contributed by atoms with E-state index in [1.54, 1.807) is 19.2 Å². The maximum absolute atomic E-state index is 10.5. The van der Waals surface area contributed by atoms with E-state index in [-0.39, 0.29) is 0 Å². The summed E-state index contributed by atoms with van der Waals surface area (Å²) < 4.78 is 5.00. The fraction of sp³-hybridized carbons (Fsp3) is 0.333. The van der Waals surface area contributed by atoms with Gasteiger partial charge in [-0.25, -0.2) is 4.79 Å². The monoisotopic (exact) mass is 274 g/mol. The highest BCUT2D eigenvalue weighted by atomic mass is 16.5. The summed E-state index contributed by atoms with van der Waals surface area (Å²) in [4.78, 5) is 12.5. The highest BCUT2D eigenvalue weighted by Gasteiger charge is 2.07. The molecule has 0 amide bonds. The molecule has 1 aromatic carbocycles. The molecule has 0 heterocycles. The first kappa shape index (κ1) is 15.7. The summed E-state index contributed by atoms with van der Waals surface area (Å²) in [5.74, 6) is -1.01. The summed E-state index contributed by atoms with van der Waals surface area (Å²) in [7, 11) is 3.57. The molecule has 0 bridgehead atoms. The Kier molecular flexibility index (Phi) is 6.27. The van der Waals surface area contributed by atoms with Gasteiger partial charge < -0.3 is 14.7 Å². The van der Waals surface area contributed by atoms with Gasteiger partial charge in [0.15, 0.2) is 0 Å². The molecule has 0 aliphatic heterocycles. The van der Waals surface area contributed by atoms with Crippen molar-refractivity contribution in [3.63, 3.8) is 0 Å². The Hall–Kier alpha value is -2.32. The Morgan fingerprint density at radius 3 is 2.90 bits per heavy atom. The highest BCUT2D eigenvalue weighted by Crippen LogP contribution is 2.21. The molecule has 0 atom stereocenters. The minimum absolute atomic E-state index is 0.525. The van der Waals surface area contributed by atoms with Crippen molar-refractivity contribution in [3.8, 4) is 6.07 Å². The Balaban J connectivity index is 2.88. The number of nitrogens with zero attached hydrogens (tertiary/aromatic N) is 2. The lowest BCUT2D eigenvalue weighted by molar-refractivity contribution is -0.131. The largest absolute Gasteiger partial charge is 0.478 e. The number of ether oxygens (including phenoxy) is 1. The summed E-state index contributed by atoms with van der Waals surface area (Å²) in [6.07, 6.45) is 3.40. The minimum atomic E-state index is -1.01. The number of methoxy groups -OCH3 is 1. The molecule has 0 fully saturated rings. The fourth-order valence-electron chi connectivity index (χ4n) is 1.81. The molecule has 0 saturated carbocycles. The molecule has 0 aliphatic carbocycles. The van der Waals surface area contributed by atoms with E-state index in [0.717, 1.165) is 24.7 Å². The molecular formula is C15H18N2O3. The van der Waals surface area contributed by atoms with E-state index < -0.39 is 5.97 Å². The fourth-order valence-corrected chi connectivity index (χ4v) is 1.81. The van der Waals surface area contributed by atoms with E-state index in [2.05, 4.69) is 6.07 Å². The van der Waals surface area contributed by atoms with Crippen molar-refractivity contribution in [3.05, 3.63) is 35.4 Å². The van der Waals surface area contributed by atoms with Gasteiger partial charge in [-0.1, -0.05) is 6.07 Å². The summed E-state index contributed by atoms with van der Waals surface area (Å²) in [6, 6.07) is 7.44. The van der Waals surface area contributed by atoms with Crippen molar-refractivity contribution in [1.82, 2.24) is 0 Å². The van der Waals surface area contributed by atoms with Crippen LogP contribution in [0.3, 0.4) is 0 Å². The SMILES string of the molecule is COCCCN(C)c1ccc(/C=C/C(=O)O)cc1C#N. The lowest BCUT2D eigenvalue weighted by Crippen LogP contribution is -2.20. The number of anilines is 1. The quantitative estimate of drug-likeness (QED) is 0.609. The van der Waals surface area contributed by atoms with Gasteiger partial charge in [-0.2, -0.15) is 5.26 Å². The minimum Gasteiger partial charge on any atom is -0.478 e. The van der Waals surface area contributed by atoms with Crippen LogP contribution in [0, 0.1) is 11.3 Å². The van der Waals surface area contributed by atoms with Crippen LogP contribution < -0.4 is 4.90 Å². The van der Waals surface area contributed by atoms with Crippen LogP contribution in [0.25, 0.3) is 6.08 Å². The summed E-state index contributed by atoms with van der Waals surface area (Å²) >= 11 is 0. The molecule has 20 heavy (non-hydrogen) atoms. The number of benzene rings is 1. The van der Waals surface area contributed by atoms with Crippen molar-refractivity contribution in [1.29, 1.82) is 5.26 Å². The third kappa shape index (κ3) is 4.75. The summed E-state index contributed by atoms with van der Waals surface area (Å²) in [6.45, 7) is 1.46. The average Bonchev–Trinajstić information content (AvgIpc) is 2.44. The van der Waals surface area contributed by atoms with Crippen LogP contribution in [0.4, 0.5) is 5.69 Å². The van der Waals surface area contributed by atoms with Crippen LogP contribution >= 0.6 is 0 Å². The molecule has 0 radical (unpaired) electrons. The van der Waals surface area contributed by atoms with E-state index >= 15 is 0 Å². The molecule has 1 aromatic rings. The van der Waals surface area contributed by atoms with Crippen LogP contribution in [0.5, 0.6) is 0 Å². The number of hydrogen-bond donors (Lipinski definition) is 1. The van der Waals surface area contributed by atoms with Gasteiger partial charge in [0.1, 0.15) is 6.07 Å². The topological polar surface area (TPSA) is 73.6 Å². The normalized spacial score (nSPS) is 10.4. The first-order chi connectivity index (χ1) is 9.58. The number of hydrogen-bond acceptors (Lipinski definition) is 4. The number of aliphatic carboxylic acids is 1. The predicted octanol–water partition coefficient (Wildman–Crippen LogP) is 2.13. The van der Waals surface area contributed by atoms with Gasteiger partial charge in [-0.3, -0.25) is 0 Å². The molecule has 0 aliphatic rings. The zero-order valence-electron chi connectivity index (χ0n) is 11.7. The Labute approximate surface area is 118 Å². The second-order valence-electron chi connectivity index (χ2n) is 4.33. The molecule has 1 N–H and O–H groups in total. The van der Waals surface area contributed by atoms with Crippen molar-refractivity contribution < 1.29 is 14.6 Å². The van der Waals surface area contributed by atoms with Gasteiger partial charge in [0.25, 0.3) is 0 Å². The lowest BCUT2D eigenvalue weighted by atomic mass is 10.1. The number of rotatable bonds is 7. The molecule has 5 heteroatoms. The van der Waals surface area contributed by atoms with E-state index in [9.17, 15) is 10.1 Å². The zero-order chi connectivity index (χ0) is 15.0. The highest BCUT2D eigenvalue weighted by molar-refractivity contribution is 5.85. The van der Waals surface area contributed by atoms with Gasteiger partial charge in [0, 0.05) is 33.4 Å². The molecule has 0 saturated heterocycles.